The van der Waals surface area contributed by atoms with Crippen molar-refractivity contribution in [3.63, 3.8) is 0 Å². The van der Waals surface area contributed by atoms with E-state index < -0.39 is 0 Å². The third kappa shape index (κ3) is 3.46. The Bertz CT molecular complexity index is 537. The van der Waals surface area contributed by atoms with Crippen molar-refractivity contribution in [1.82, 2.24) is 10.2 Å². The van der Waals surface area contributed by atoms with Crippen LogP contribution in [0.15, 0.2) is 36.4 Å². The van der Waals surface area contributed by atoms with Gasteiger partial charge >= 0.3 is 0 Å². The first kappa shape index (κ1) is 13.8. The largest absolute Gasteiger partial charge is 0.492 e. The van der Waals surface area contributed by atoms with Gasteiger partial charge in [-0.05, 0) is 38.0 Å². The van der Waals surface area contributed by atoms with Crippen LogP contribution in [0.25, 0.3) is 10.8 Å². The zero-order chi connectivity index (χ0) is 13.7. The molecule has 0 saturated heterocycles. The Morgan fingerprint density at radius 3 is 2.63 bits per heavy atom. The number of ether oxygens (including phenoxy) is 1. The first-order valence-corrected chi connectivity index (χ1v) is 6.65. The highest BCUT2D eigenvalue weighted by molar-refractivity contribution is 5.87. The van der Waals surface area contributed by atoms with Gasteiger partial charge in [0.15, 0.2) is 0 Å². The van der Waals surface area contributed by atoms with Crippen molar-refractivity contribution < 1.29 is 4.74 Å². The summed E-state index contributed by atoms with van der Waals surface area (Å²) in [4.78, 5) is 2.12. The molecule has 0 aromatic heterocycles. The number of likely N-dealkylation sites (N-methyl/N-ethyl adjacent to an activating group) is 1. The van der Waals surface area contributed by atoms with E-state index in [0.29, 0.717) is 6.61 Å². The lowest BCUT2D eigenvalue weighted by molar-refractivity contribution is 0.259. The highest BCUT2D eigenvalue weighted by Crippen LogP contribution is 2.28. The zero-order valence-corrected chi connectivity index (χ0v) is 11.9. The van der Waals surface area contributed by atoms with Crippen molar-refractivity contribution in [2.24, 2.45) is 0 Å². The van der Waals surface area contributed by atoms with Crippen LogP contribution < -0.4 is 10.1 Å². The van der Waals surface area contributed by atoms with Crippen molar-refractivity contribution in [3.05, 3.63) is 42.0 Å². The quantitative estimate of drug-likeness (QED) is 0.861. The summed E-state index contributed by atoms with van der Waals surface area (Å²) in [5.41, 5.74) is 1.24. The average molecular weight is 258 g/mol. The molecule has 0 bridgehead atoms. The molecular weight excluding hydrogens is 236 g/mol. The Kier molecular flexibility index (Phi) is 4.77. The van der Waals surface area contributed by atoms with Crippen LogP contribution in [0.5, 0.6) is 5.75 Å². The molecule has 0 aliphatic rings. The second kappa shape index (κ2) is 6.55. The first-order chi connectivity index (χ1) is 9.22. The Morgan fingerprint density at radius 2 is 1.89 bits per heavy atom. The SMILES string of the molecule is CNCc1c(OCCN(C)C)ccc2ccccc12. The minimum Gasteiger partial charge on any atom is -0.492 e. The fraction of sp³-hybridized carbons (Fsp3) is 0.375. The van der Waals surface area contributed by atoms with Gasteiger partial charge < -0.3 is 15.0 Å². The second-order valence-corrected chi connectivity index (χ2v) is 4.95. The molecule has 1 N–H and O–H groups in total. The molecule has 2 aromatic rings. The van der Waals surface area contributed by atoms with Crippen molar-refractivity contribution in [2.45, 2.75) is 6.54 Å². The summed E-state index contributed by atoms with van der Waals surface area (Å²) in [6, 6.07) is 12.6. The Morgan fingerprint density at radius 1 is 1.11 bits per heavy atom. The maximum atomic E-state index is 5.93. The third-order valence-electron chi connectivity index (χ3n) is 3.15. The molecule has 0 aliphatic carbocycles. The minimum atomic E-state index is 0.710. The Balaban J connectivity index is 2.29. The molecule has 0 amide bonds. The van der Waals surface area contributed by atoms with Crippen LogP contribution in [-0.2, 0) is 6.54 Å². The van der Waals surface area contributed by atoms with Gasteiger partial charge in [0, 0.05) is 18.7 Å². The maximum Gasteiger partial charge on any atom is 0.124 e. The predicted molar refractivity (Wildman–Crippen MR) is 80.8 cm³/mol. The lowest BCUT2D eigenvalue weighted by Crippen LogP contribution is -2.20. The number of hydrogen-bond donors (Lipinski definition) is 1. The van der Waals surface area contributed by atoms with Gasteiger partial charge in [0.05, 0.1) is 0 Å². The first-order valence-electron chi connectivity index (χ1n) is 6.65. The molecule has 0 saturated carbocycles. The molecule has 3 nitrogen and oxygen atoms in total. The summed E-state index contributed by atoms with van der Waals surface area (Å²) in [6.45, 7) is 2.45. The van der Waals surface area contributed by atoms with Gasteiger partial charge in [-0.3, -0.25) is 0 Å². The molecule has 2 aromatic carbocycles. The third-order valence-corrected chi connectivity index (χ3v) is 3.15. The molecule has 0 unspecified atom stereocenters. The van der Waals surface area contributed by atoms with E-state index in [4.69, 9.17) is 4.74 Å². The molecule has 0 aliphatic heterocycles. The second-order valence-electron chi connectivity index (χ2n) is 4.95. The Labute approximate surface area is 115 Å². The fourth-order valence-corrected chi connectivity index (χ4v) is 2.15. The average Bonchev–Trinajstić information content (AvgIpc) is 2.41. The molecule has 0 spiro atoms. The standard InChI is InChI=1S/C16H22N2O/c1-17-12-15-14-7-5-4-6-13(14)8-9-16(15)19-11-10-18(2)3/h4-9,17H,10-12H2,1-3H3. The minimum absolute atomic E-state index is 0.710. The smallest absolute Gasteiger partial charge is 0.124 e. The lowest BCUT2D eigenvalue weighted by atomic mass is 10.0. The molecule has 3 heteroatoms. The number of rotatable bonds is 6. The van der Waals surface area contributed by atoms with Gasteiger partial charge in [0.25, 0.3) is 0 Å². The van der Waals surface area contributed by atoms with Crippen LogP contribution in [0.4, 0.5) is 0 Å². The summed E-state index contributed by atoms with van der Waals surface area (Å²) >= 11 is 0. The van der Waals surface area contributed by atoms with Gasteiger partial charge in [-0.1, -0.05) is 30.3 Å². The molecule has 0 radical (unpaired) electrons. The molecule has 0 heterocycles. The molecule has 102 valence electrons. The van der Waals surface area contributed by atoms with Crippen LogP contribution in [0.2, 0.25) is 0 Å². The van der Waals surface area contributed by atoms with E-state index in [1.54, 1.807) is 0 Å². The van der Waals surface area contributed by atoms with Crippen LogP contribution in [0, 0.1) is 0 Å². The number of hydrogen-bond acceptors (Lipinski definition) is 3. The molecule has 19 heavy (non-hydrogen) atoms. The van der Waals surface area contributed by atoms with E-state index in [0.717, 1.165) is 18.8 Å². The van der Waals surface area contributed by atoms with E-state index in [1.165, 1.54) is 16.3 Å². The van der Waals surface area contributed by atoms with Gasteiger partial charge in [-0.25, -0.2) is 0 Å². The van der Waals surface area contributed by atoms with Crippen LogP contribution in [-0.4, -0.2) is 39.2 Å². The zero-order valence-electron chi connectivity index (χ0n) is 11.9. The van der Waals surface area contributed by atoms with E-state index >= 15 is 0 Å². The highest BCUT2D eigenvalue weighted by Gasteiger charge is 2.08. The fourth-order valence-electron chi connectivity index (χ4n) is 2.15. The Hall–Kier alpha value is -1.58. The van der Waals surface area contributed by atoms with E-state index in [9.17, 15) is 0 Å². The van der Waals surface area contributed by atoms with Gasteiger partial charge in [0.2, 0.25) is 0 Å². The van der Waals surface area contributed by atoms with Crippen LogP contribution in [0.3, 0.4) is 0 Å². The summed E-state index contributed by atoms with van der Waals surface area (Å²) in [6.07, 6.45) is 0. The normalized spacial score (nSPS) is 11.2. The predicted octanol–water partition coefficient (Wildman–Crippen LogP) is 2.50. The monoisotopic (exact) mass is 258 g/mol. The van der Waals surface area contributed by atoms with Crippen LogP contribution in [0.1, 0.15) is 5.56 Å². The van der Waals surface area contributed by atoms with Crippen molar-refractivity contribution in [2.75, 3.05) is 34.3 Å². The van der Waals surface area contributed by atoms with Gasteiger partial charge in [0.1, 0.15) is 12.4 Å². The van der Waals surface area contributed by atoms with Crippen LogP contribution >= 0.6 is 0 Å². The van der Waals surface area contributed by atoms with Gasteiger partial charge in [-0.2, -0.15) is 0 Å². The number of fused-ring (bicyclic) bond motifs is 1. The number of nitrogens with one attached hydrogen (secondary N) is 1. The number of benzene rings is 2. The van der Waals surface area contributed by atoms with E-state index in [2.05, 4.69) is 60.7 Å². The number of nitrogens with zero attached hydrogens (tertiary/aromatic N) is 1. The van der Waals surface area contributed by atoms with Crippen molar-refractivity contribution in [3.8, 4) is 5.75 Å². The molecule has 2 rings (SSSR count). The summed E-state index contributed by atoms with van der Waals surface area (Å²) in [5.74, 6) is 0.981. The summed E-state index contributed by atoms with van der Waals surface area (Å²) in [7, 11) is 6.07. The molecule has 0 fully saturated rings. The van der Waals surface area contributed by atoms with Crippen molar-refractivity contribution in [1.29, 1.82) is 0 Å². The van der Waals surface area contributed by atoms with E-state index in [-0.39, 0.29) is 0 Å². The van der Waals surface area contributed by atoms with E-state index in [1.807, 2.05) is 7.05 Å². The molecule has 0 atom stereocenters. The van der Waals surface area contributed by atoms with Gasteiger partial charge in [-0.15, -0.1) is 0 Å². The highest BCUT2D eigenvalue weighted by atomic mass is 16.5. The van der Waals surface area contributed by atoms with Crippen molar-refractivity contribution >= 4 is 10.8 Å². The topological polar surface area (TPSA) is 24.5 Å². The maximum absolute atomic E-state index is 5.93. The molecular formula is C16H22N2O. The summed E-state index contributed by atoms with van der Waals surface area (Å²) < 4.78 is 5.93. The summed E-state index contributed by atoms with van der Waals surface area (Å²) in [5, 5.41) is 5.75. The lowest BCUT2D eigenvalue weighted by Gasteiger charge is -2.16.